The van der Waals surface area contributed by atoms with E-state index in [4.69, 9.17) is 45.9 Å². The number of nitrogens with two attached hydrogens (primary N) is 8. The Balaban J connectivity index is 2.25. The predicted molar refractivity (Wildman–Crippen MR) is 100 cm³/mol. The SMILES string of the molecule is Nc1c(N)c(N)c2c(c1N)-c1c(N)c3c(c(N)c1C2(N)N)C=CC3. The van der Waals surface area contributed by atoms with Crippen molar-refractivity contribution in [2.45, 2.75) is 12.1 Å². The van der Waals surface area contributed by atoms with Gasteiger partial charge < -0.3 is 45.9 Å². The van der Waals surface area contributed by atoms with Gasteiger partial charge in [-0.2, -0.15) is 0 Å². The molecule has 2 aromatic carbocycles. The van der Waals surface area contributed by atoms with Gasteiger partial charge in [0, 0.05) is 39.2 Å². The zero-order valence-electron chi connectivity index (χ0n) is 13.0. The first-order chi connectivity index (χ1) is 11.2. The monoisotopic (exact) mass is 324 g/mol. The molecule has 8 heteroatoms. The van der Waals surface area contributed by atoms with E-state index in [9.17, 15) is 0 Å². The van der Waals surface area contributed by atoms with Crippen LogP contribution >= 0.6 is 0 Å². The fraction of sp³-hybridized carbons (Fsp3) is 0.125. The van der Waals surface area contributed by atoms with E-state index in [0.29, 0.717) is 40.0 Å². The lowest BCUT2D eigenvalue weighted by Gasteiger charge is -2.26. The van der Waals surface area contributed by atoms with Gasteiger partial charge >= 0.3 is 0 Å². The van der Waals surface area contributed by atoms with E-state index in [-0.39, 0.29) is 22.7 Å². The van der Waals surface area contributed by atoms with Crippen LogP contribution < -0.4 is 45.9 Å². The Morgan fingerprint density at radius 1 is 0.667 bits per heavy atom. The average Bonchev–Trinajstić information content (AvgIpc) is 3.10. The Kier molecular flexibility index (Phi) is 2.44. The molecule has 0 amide bonds. The lowest BCUT2D eigenvalue weighted by Crippen LogP contribution is -2.46. The minimum Gasteiger partial charge on any atom is -0.398 e. The molecule has 0 heterocycles. The topological polar surface area (TPSA) is 208 Å². The maximum Gasteiger partial charge on any atom is 0.122 e. The van der Waals surface area contributed by atoms with Gasteiger partial charge in [-0.25, -0.2) is 0 Å². The molecule has 0 unspecified atom stereocenters. The lowest BCUT2D eigenvalue weighted by atomic mass is 9.91. The van der Waals surface area contributed by atoms with E-state index in [1.807, 2.05) is 12.2 Å². The summed E-state index contributed by atoms with van der Waals surface area (Å²) >= 11 is 0. The summed E-state index contributed by atoms with van der Waals surface area (Å²) in [6.07, 6.45) is 4.57. The second-order valence-electron chi connectivity index (χ2n) is 6.35. The number of nitrogen functional groups attached to an aromatic ring is 6. The van der Waals surface area contributed by atoms with Crippen molar-refractivity contribution in [2.75, 3.05) is 34.4 Å². The van der Waals surface area contributed by atoms with Crippen molar-refractivity contribution in [3.05, 3.63) is 28.3 Å². The molecule has 0 aliphatic heterocycles. The molecule has 16 N–H and O–H groups in total. The van der Waals surface area contributed by atoms with Crippen LogP contribution in [-0.2, 0) is 12.1 Å². The van der Waals surface area contributed by atoms with E-state index >= 15 is 0 Å². The van der Waals surface area contributed by atoms with Gasteiger partial charge in [-0.15, -0.1) is 0 Å². The molecule has 0 radical (unpaired) electrons. The van der Waals surface area contributed by atoms with Crippen LogP contribution in [0.3, 0.4) is 0 Å². The quantitative estimate of drug-likeness (QED) is 0.185. The molecule has 0 spiro atoms. The molecule has 0 aromatic heterocycles. The summed E-state index contributed by atoms with van der Waals surface area (Å²) in [6, 6.07) is 0. The third-order valence-electron chi connectivity index (χ3n) is 5.07. The van der Waals surface area contributed by atoms with Gasteiger partial charge in [-0.05, 0) is 12.0 Å². The number of hydrogen-bond acceptors (Lipinski definition) is 8. The van der Waals surface area contributed by atoms with Crippen LogP contribution in [0.1, 0.15) is 22.3 Å². The van der Waals surface area contributed by atoms with Crippen molar-refractivity contribution in [3.63, 3.8) is 0 Å². The Hall–Kier alpha value is -3.10. The van der Waals surface area contributed by atoms with E-state index in [1.165, 1.54) is 0 Å². The zero-order chi connectivity index (χ0) is 17.5. The number of allylic oxidation sites excluding steroid dienone is 1. The molecule has 8 nitrogen and oxygen atoms in total. The van der Waals surface area contributed by atoms with Crippen molar-refractivity contribution in [1.29, 1.82) is 0 Å². The van der Waals surface area contributed by atoms with Crippen LogP contribution in [0, 0.1) is 0 Å². The smallest absolute Gasteiger partial charge is 0.122 e. The molecule has 24 heavy (non-hydrogen) atoms. The van der Waals surface area contributed by atoms with E-state index in [0.717, 1.165) is 11.1 Å². The highest BCUT2D eigenvalue weighted by atomic mass is 15.0. The third-order valence-corrected chi connectivity index (χ3v) is 5.07. The van der Waals surface area contributed by atoms with Gasteiger partial charge in [0.05, 0.1) is 22.7 Å². The fourth-order valence-corrected chi connectivity index (χ4v) is 3.90. The standard InChI is InChI=1S/C16H20N8/c17-10-4-2-1-3-5(4)11(18)8-6(10)7-9(16(8,23)24)13(20)15(22)14(21)12(7)19/h1,3H,2,17-24H2. The summed E-state index contributed by atoms with van der Waals surface area (Å²) in [7, 11) is 0. The summed E-state index contributed by atoms with van der Waals surface area (Å²) in [5.41, 5.74) is 54.2. The highest BCUT2D eigenvalue weighted by molar-refractivity contribution is 6.09. The minimum atomic E-state index is -1.46. The van der Waals surface area contributed by atoms with E-state index in [2.05, 4.69) is 0 Å². The van der Waals surface area contributed by atoms with Gasteiger partial charge in [-0.1, -0.05) is 12.2 Å². The largest absolute Gasteiger partial charge is 0.398 e. The normalized spacial score (nSPS) is 16.1. The van der Waals surface area contributed by atoms with Crippen molar-refractivity contribution < 1.29 is 0 Å². The fourth-order valence-electron chi connectivity index (χ4n) is 3.90. The van der Waals surface area contributed by atoms with Gasteiger partial charge in [0.1, 0.15) is 5.66 Å². The number of benzene rings is 2. The molecule has 2 aliphatic carbocycles. The first-order valence-corrected chi connectivity index (χ1v) is 7.44. The molecule has 4 rings (SSSR count). The highest BCUT2D eigenvalue weighted by Crippen LogP contribution is 2.58. The minimum absolute atomic E-state index is 0.156. The van der Waals surface area contributed by atoms with Crippen LogP contribution in [0.5, 0.6) is 0 Å². The summed E-state index contributed by atoms with van der Waals surface area (Å²) in [5.74, 6) is 0. The van der Waals surface area contributed by atoms with Crippen LogP contribution in [0.15, 0.2) is 6.08 Å². The number of anilines is 6. The van der Waals surface area contributed by atoms with Gasteiger partial charge in [0.25, 0.3) is 0 Å². The van der Waals surface area contributed by atoms with E-state index in [1.54, 1.807) is 0 Å². The van der Waals surface area contributed by atoms with Crippen molar-refractivity contribution in [1.82, 2.24) is 0 Å². The molecule has 2 aliphatic rings. The van der Waals surface area contributed by atoms with Crippen LogP contribution in [0.4, 0.5) is 34.1 Å². The zero-order valence-corrected chi connectivity index (χ0v) is 13.0. The Morgan fingerprint density at radius 3 is 1.88 bits per heavy atom. The molecular weight excluding hydrogens is 304 g/mol. The van der Waals surface area contributed by atoms with Crippen molar-refractivity contribution >= 4 is 40.2 Å². The van der Waals surface area contributed by atoms with Gasteiger partial charge in [0.2, 0.25) is 0 Å². The third kappa shape index (κ3) is 1.35. The first kappa shape index (κ1) is 14.5. The molecule has 0 saturated carbocycles. The lowest BCUT2D eigenvalue weighted by molar-refractivity contribution is 0.588. The summed E-state index contributed by atoms with van der Waals surface area (Å²) in [4.78, 5) is 0. The van der Waals surface area contributed by atoms with Crippen molar-refractivity contribution in [2.24, 2.45) is 11.5 Å². The van der Waals surface area contributed by atoms with Gasteiger partial charge in [-0.3, -0.25) is 0 Å². The maximum absolute atomic E-state index is 6.44. The second-order valence-corrected chi connectivity index (χ2v) is 6.35. The van der Waals surface area contributed by atoms with Crippen LogP contribution in [0.25, 0.3) is 17.2 Å². The molecule has 2 aromatic rings. The summed E-state index contributed by atoms with van der Waals surface area (Å²) < 4.78 is 0. The van der Waals surface area contributed by atoms with Gasteiger partial charge in [0.15, 0.2) is 0 Å². The number of rotatable bonds is 0. The summed E-state index contributed by atoms with van der Waals surface area (Å²) in [6.45, 7) is 0. The molecular formula is C16H20N8. The maximum atomic E-state index is 6.44. The molecule has 0 fully saturated rings. The molecule has 0 bridgehead atoms. The molecule has 0 atom stereocenters. The first-order valence-electron chi connectivity index (χ1n) is 7.44. The van der Waals surface area contributed by atoms with Crippen LogP contribution in [-0.4, -0.2) is 0 Å². The highest BCUT2D eigenvalue weighted by Gasteiger charge is 2.45. The Bertz CT molecular complexity index is 972. The van der Waals surface area contributed by atoms with E-state index < -0.39 is 5.66 Å². The number of fused-ring (bicyclic) bond motifs is 4. The van der Waals surface area contributed by atoms with Crippen molar-refractivity contribution in [3.8, 4) is 11.1 Å². The second kappa shape index (κ2) is 4.05. The Morgan fingerprint density at radius 2 is 1.21 bits per heavy atom. The molecule has 124 valence electrons. The Labute approximate surface area is 138 Å². The summed E-state index contributed by atoms with van der Waals surface area (Å²) in [5, 5.41) is 0. The predicted octanol–water partition coefficient (Wildman–Crippen LogP) is -0.152. The van der Waals surface area contributed by atoms with Crippen LogP contribution in [0.2, 0.25) is 0 Å². The molecule has 0 saturated heterocycles. The number of hydrogen-bond donors (Lipinski definition) is 8. The average molecular weight is 324 g/mol.